The van der Waals surface area contributed by atoms with Gasteiger partial charge in [-0.15, -0.1) is 0 Å². The molecule has 1 unspecified atom stereocenters. The van der Waals surface area contributed by atoms with E-state index in [0.29, 0.717) is 0 Å². The molecule has 0 bridgehead atoms. The average molecular weight is 506 g/mol. The molecule has 0 fully saturated rings. The maximum atomic E-state index is 5.35. The van der Waals surface area contributed by atoms with Gasteiger partial charge in [0.05, 0.1) is 22.6 Å². The fourth-order valence-electron chi connectivity index (χ4n) is 3.98. The van der Waals surface area contributed by atoms with Gasteiger partial charge < -0.3 is 4.52 Å². The van der Waals surface area contributed by atoms with Crippen LogP contribution in [-0.4, -0.2) is 20.3 Å². The number of halogens is 1. The topological polar surface area (TPSA) is 67.6 Å². The molecule has 3 aromatic heterocycles. The third-order valence-electron chi connectivity index (χ3n) is 5.41. The van der Waals surface area contributed by atoms with E-state index >= 15 is 0 Å². The molecule has 5 nitrogen and oxygen atoms in total. The lowest BCUT2D eigenvalue weighted by Gasteiger charge is -2.27. The Labute approximate surface area is 187 Å². The van der Waals surface area contributed by atoms with Crippen molar-refractivity contribution < 1.29 is 4.52 Å². The highest BCUT2D eigenvalue weighted by atomic mass is 127. The fraction of sp³-hybridized carbons (Fsp3) is 0.125. The summed E-state index contributed by atoms with van der Waals surface area (Å²) in [5.74, 6) is 0.809. The summed E-state index contributed by atoms with van der Waals surface area (Å²) in [5.41, 5.74) is 6.96. The minimum atomic E-state index is -0.500. The van der Waals surface area contributed by atoms with Crippen molar-refractivity contribution in [2.45, 2.75) is 17.3 Å². The molecule has 5 rings (SSSR count). The number of alkyl halides is 1. The van der Waals surface area contributed by atoms with E-state index in [-0.39, 0.29) is 0 Å². The second-order valence-corrected chi connectivity index (χ2v) is 8.89. The van der Waals surface area contributed by atoms with Crippen LogP contribution in [-0.2, 0) is 3.42 Å². The minimum Gasteiger partial charge on any atom is -0.361 e. The van der Waals surface area contributed by atoms with Gasteiger partial charge in [-0.1, -0.05) is 76.3 Å². The Kier molecular flexibility index (Phi) is 4.66. The lowest BCUT2D eigenvalue weighted by atomic mass is 9.89. The van der Waals surface area contributed by atoms with Crippen molar-refractivity contribution in [3.8, 4) is 11.1 Å². The van der Waals surface area contributed by atoms with E-state index < -0.39 is 3.42 Å². The average Bonchev–Trinajstić information content (AvgIpc) is 3.37. The van der Waals surface area contributed by atoms with E-state index in [2.05, 4.69) is 86.5 Å². The van der Waals surface area contributed by atoms with Crippen LogP contribution in [0.5, 0.6) is 0 Å². The molecular formula is C24H19IN4O. The lowest BCUT2D eigenvalue weighted by Crippen LogP contribution is -2.23. The Morgan fingerprint density at radius 3 is 2.47 bits per heavy atom. The van der Waals surface area contributed by atoms with Crippen LogP contribution in [0.15, 0.2) is 77.4 Å². The Morgan fingerprint density at radius 1 is 0.967 bits per heavy atom. The molecule has 0 spiro atoms. The fourth-order valence-corrected chi connectivity index (χ4v) is 5.07. The molecule has 0 radical (unpaired) electrons. The van der Waals surface area contributed by atoms with Crippen LogP contribution in [0.25, 0.3) is 22.0 Å². The van der Waals surface area contributed by atoms with Crippen LogP contribution < -0.4 is 0 Å². The molecular weight excluding hydrogens is 487 g/mol. The first-order valence-corrected chi connectivity index (χ1v) is 10.7. The Bertz CT molecular complexity index is 1270. The normalized spacial score (nSPS) is 13.4. The van der Waals surface area contributed by atoms with Gasteiger partial charge in [0.15, 0.2) is 0 Å². The van der Waals surface area contributed by atoms with Crippen LogP contribution in [0.4, 0.5) is 0 Å². The first-order valence-electron chi connectivity index (χ1n) is 9.67. The van der Waals surface area contributed by atoms with Gasteiger partial charge in [0.2, 0.25) is 0 Å². The predicted molar refractivity (Wildman–Crippen MR) is 126 cm³/mol. The highest BCUT2D eigenvalue weighted by Gasteiger charge is 2.38. The summed E-state index contributed by atoms with van der Waals surface area (Å²) < 4.78 is 4.85. The van der Waals surface area contributed by atoms with E-state index in [0.717, 1.165) is 50.4 Å². The van der Waals surface area contributed by atoms with Crippen molar-refractivity contribution in [1.29, 1.82) is 0 Å². The number of H-pyrrole nitrogens is 1. The number of nitrogens with one attached hydrogen (secondary N) is 1. The molecule has 0 aliphatic heterocycles. The minimum absolute atomic E-state index is 0.500. The number of rotatable bonds is 4. The summed E-state index contributed by atoms with van der Waals surface area (Å²) in [5, 5.41) is 13.1. The second kappa shape index (κ2) is 7.36. The predicted octanol–water partition coefficient (Wildman–Crippen LogP) is 5.96. The molecule has 0 saturated carbocycles. The van der Waals surface area contributed by atoms with Gasteiger partial charge in [-0.2, -0.15) is 5.10 Å². The molecule has 1 N–H and O–H groups in total. The zero-order valence-electron chi connectivity index (χ0n) is 16.6. The van der Waals surface area contributed by atoms with Gasteiger partial charge in [-0.05, 0) is 43.2 Å². The number of nitrogens with zero attached hydrogens (tertiary/aromatic N) is 3. The smallest absolute Gasteiger partial charge is 0.141 e. The molecule has 6 heteroatoms. The summed E-state index contributed by atoms with van der Waals surface area (Å²) in [7, 11) is 0. The Balaban J connectivity index is 1.72. The van der Waals surface area contributed by atoms with Gasteiger partial charge >= 0.3 is 0 Å². The van der Waals surface area contributed by atoms with Crippen molar-refractivity contribution in [2.75, 3.05) is 0 Å². The van der Waals surface area contributed by atoms with Crippen molar-refractivity contribution >= 4 is 33.5 Å². The van der Waals surface area contributed by atoms with Crippen LogP contribution in [0, 0.1) is 13.8 Å². The van der Waals surface area contributed by atoms with Gasteiger partial charge in [-0.25, -0.2) is 0 Å². The zero-order valence-corrected chi connectivity index (χ0v) is 18.7. The third-order valence-corrected chi connectivity index (χ3v) is 7.13. The van der Waals surface area contributed by atoms with Crippen LogP contribution in [0.1, 0.15) is 28.4 Å². The third kappa shape index (κ3) is 2.94. The van der Waals surface area contributed by atoms with Gasteiger partial charge in [0, 0.05) is 17.1 Å². The monoisotopic (exact) mass is 506 g/mol. The largest absolute Gasteiger partial charge is 0.361 e. The number of fused-ring (bicyclic) bond motifs is 1. The van der Waals surface area contributed by atoms with E-state index in [4.69, 9.17) is 9.51 Å². The number of aromatic nitrogens is 4. The number of benzene rings is 2. The Hall–Kier alpha value is -3.00. The van der Waals surface area contributed by atoms with E-state index in [1.54, 1.807) is 0 Å². The van der Waals surface area contributed by atoms with Crippen molar-refractivity contribution in [3.63, 3.8) is 0 Å². The summed E-state index contributed by atoms with van der Waals surface area (Å²) >= 11 is 2.49. The molecule has 30 heavy (non-hydrogen) atoms. The summed E-state index contributed by atoms with van der Waals surface area (Å²) in [6, 6.07) is 22.7. The quantitative estimate of drug-likeness (QED) is 0.242. The molecule has 2 aromatic carbocycles. The zero-order chi connectivity index (χ0) is 20.7. The summed E-state index contributed by atoms with van der Waals surface area (Å²) in [6.07, 6.45) is 1.83. The van der Waals surface area contributed by atoms with Crippen molar-refractivity contribution in [3.05, 3.63) is 101 Å². The second-order valence-electron chi connectivity index (χ2n) is 7.27. The SMILES string of the molecule is Cc1noc(C)c1-c1ccc2c(C(I)(c3ccccc3)c3ccccn3)[nH]nc2c1. The number of aryl methyl sites for hydroxylation is 2. The number of pyridine rings is 1. The first-order chi connectivity index (χ1) is 14.6. The first kappa shape index (κ1) is 19.0. The van der Waals surface area contributed by atoms with Crippen LogP contribution in [0.2, 0.25) is 0 Å². The molecule has 0 aliphatic carbocycles. The summed E-state index contributed by atoms with van der Waals surface area (Å²) in [6.45, 7) is 3.89. The van der Waals surface area contributed by atoms with Crippen molar-refractivity contribution in [1.82, 2.24) is 20.3 Å². The van der Waals surface area contributed by atoms with Gasteiger partial charge in [0.25, 0.3) is 0 Å². The lowest BCUT2D eigenvalue weighted by molar-refractivity contribution is 0.393. The highest BCUT2D eigenvalue weighted by Crippen LogP contribution is 2.46. The Morgan fingerprint density at radius 2 is 1.77 bits per heavy atom. The van der Waals surface area contributed by atoms with Crippen LogP contribution in [0.3, 0.4) is 0 Å². The number of hydrogen-bond donors (Lipinski definition) is 1. The van der Waals surface area contributed by atoms with Gasteiger partial charge in [0.1, 0.15) is 9.18 Å². The molecule has 5 aromatic rings. The number of hydrogen-bond acceptors (Lipinski definition) is 4. The van der Waals surface area contributed by atoms with Crippen molar-refractivity contribution in [2.24, 2.45) is 0 Å². The standard InChI is InChI=1S/C24H19IN4O/c1-15-22(16(2)30-29-15)17-11-12-19-20(14-17)27-28-23(19)24(25,18-8-4-3-5-9-18)21-10-6-7-13-26-21/h3-14H,1-2H3,(H,27,28). The maximum Gasteiger partial charge on any atom is 0.141 e. The van der Waals surface area contributed by atoms with E-state index in [1.165, 1.54) is 0 Å². The molecule has 0 amide bonds. The highest BCUT2D eigenvalue weighted by molar-refractivity contribution is 14.1. The van der Waals surface area contributed by atoms with E-state index in [9.17, 15) is 0 Å². The summed E-state index contributed by atoms with van der Waals surface area (Å²) in [4.78, 5) is 4.70. The number of aromatic amines is 1. The molecule has 3 heterocycles. The molecule has 148 valence electrons. The van der Waals surface area contributed by atoms with E-state index in [1.807, 2.05) is 38.2 Å². The molecule has 1 atom stereocenters. The van der Waals surface area contributed by atoms with Crippen LogP contribution >= 0.6 is 22.6 Å². The molecule has 0 saturated heterocycles. The molecule has 0 aliphatic rings. The van der Waals surface area contributed by atoms with Gasteiger partial charge in [-0.3, -0.25) is 10.1 Å². The maximum absolute atomic E-state index is 5.35.